The molecule has 1 aliphatic rings. The van der Waals surface area contributed by atoms with Crippen LogP contribution in [-0.2, 0) is 20.1 Å². The van der Waals surface area contributed by atoms with Gasteiger partial charge in [-0.2, -0.15) is 0 Å². The molecule has 2 rings (SSSR count). The maximum absolute atomic E-state index is 11.1. The lowest BCUT2D eigenvalue weighted by Crippen LogP contribution is -2.36. The van der Waals surface area contributed by atoms with E-state index in [2.05, 4.69) is 15.9 Å². The summed E-state index contributed by atoms with van der Waals surface area (Å²) in [6, 6.07) is 6.71. The summed E-state index contributed by atoms with van der Waals surface area (Å²) in [6.45, 7) is 0. The fourth-order valence-electron chi connectivity index (χ4n) is 1.30. The van der Waals surface area contributed by atoms with Crippen LogP contribution in [0.3, 0.4) is 0 Å². The smallest absolute Gasteiger partial charge is 0.395 e. The number of aliphatic carboxylic acids is 1. The minimum atomic E-state index is -1.74. The summed E-state index contributed by atoms with van der Waals surface area (Å²) in [5, 5.41) is 9.08. The minimum Gasteiger partial charge on any atom is -0.475 e. The Morgan fingerprint density at radius 3 is 2.20 bits per heavy atom. The Bertz CT molecular complexity index is 402. The van der Waals surface area contributed by atoms with Gasteiger partial charge in [-0.05, 0) is 24.3 Å². The van der Waals surface area contributed by atoms with E-state index >= 15 is 0 Å². The number of hydrogen-bond acceptors (Lipinski definition) is 3. The molecule has 0 aromatic heterocycles. The predicted molar refractivity (Wildman–Crippen MR) is 54.8 cm³/mol. The van der Waals surface area contributed by atoms with E-state index in [-0.39, 0.29) is 0 Å². The number of benzene rings is 1. The van der Waals surface area contributed by atoms with Crippen molar-refractivity contribution in [3.63, 3.8) is 0 Å². The molecule has 4 nitrogen and oxygen atoms in total. The van der Waals surface area contributed by atoms with E-state index < -0.39 is 11.8 Å². The van der Waals surface area contributed by atoms with Gasteiger partial charge in [-0.25, -0.2) is 4.79 Å². The van der Waals surface area contributed by atoms with E-state index in [0.717, 1.165) is 4.47 Å². The lowest BCUT2D eigenvalue weighted by molar-refractivity contribution is -0.199. The molecule has 1 aromatic rings. The second-order valence-electron chi connectivity index (χ2n) is 2.94. The van der Waals surface area contributed by atoms with Gasteiger partial charge >= 0.3 is 11.8 Å². The fraction of sp³-hybridized carbons (Fsp3) is 0.100. The molecule has 1 N–H and O–H groups in total. The van der Waals surface area contributed by atoms with E-state index in [0.29, 0.717) is 5.56 Å². The number of carboxylic acid groups (broad SMARTS) is 1. The average molecular weight is 271 g/mol. The number of carboxylic acids is 1. The van der Waals surface area contributed by atoms with Crippen molar-refractivity contribution >= 4 is 21.9 Å². The molecular formula is C10H7BrO4. The first kappa shape index (κ1) is 10.0. The Balaban J connectivity index is 2.42. The van der Waals surface area contributed by atoms with Gasteiger partial charge in [-0.1, -0.05) is 15.9 Å². The molecule has 1 aromatic carbocycles. The van der Waals surface area contributed by atoms with Crippen LogP contribution in [0, 0.1) is 0 Å². The highest BCUT2D eigenvalue weighted by atomic mass is 79.9. The first-order valence-corrected chi connectivity index (χ1v) is 4.94. The summed E-state index contributed by atoms with van der Waals surface area (Å²) in [7, 11) is 0. The Kier molecular flexibility index (Phi) is 2.40. The SMILES string of the molecule is O=C(O)C1(c2ccc(Br)cc2)OC=CO1. The predicted octanol–water partition coefficient (Wildman–Crippen LogP) is 2.20. The van der Waals surface area contributed by atoms with Gasteiger partial charge in [-0.3, -0.25) is 0 Å². The summed E-state index contributed by atoms with van der Waals surface area (Å²) in [4.78, 5) is 11.1. The van der Waals surface area contributed by atoms with Crippen LogP contribution in [0.25, 0.3) is 0 Å². The van der Waals surface area contributed by atoms with Crippen LogP contribution >= 0.6 is 15.9 Å². The molecule has 0 fully saturated rings. The normalized spacial score (nSPS) is 16.9. The van der Waals surface area contributed by atoms with Crippen LogP contribution in [0.1, 0.15) is 5.56 Å². The van der Waals surface area contributed by atoms with Gasteiger partial charge in [0.25, 0.3) is 0 Å². The molecule has 5 heteroatoms. The average Bonchev–Trinajstić information content (AvgIpc) is 2.69. The topological polar surface area (TPSA) is 55.8 Å². The maximum atomic E-state index is 11.1. The molecule has 15 heavy (non-hydrogen) atoms. The van der Waals surface area contributed by atoms with Crippen molar-refractivity contribution in [3.05, 3.63) is 46.8 Å². The summed E-state index contributed by atoms with van der Waals surface area (Å²) >= 11 is 3.26. The number of carbonyl (C=O) groups is 1. The summed E-state index contributed by atoms with van der Waals surface area (Å²) < 4.78 is 10.9. The minimum absolute atomic E-state index is 0.434. The third-order valence-corrected chi connectivity index (χ3v) is 2.56. The summed E-state index contributed by atoms with van der Waals surface area (Å²) in [6.07, 6.45) is 2.44. The van der Waals surface area contributed by atoms with Gasteiger partial charge in [0.15, 0.2) is 0 Å². The molecule has 0 atom stereocenters. The summed E-state index contributed by atoms with van der Waals surface area (Å²) in [5.74, 6) is -2.92. The largest absolute Gasteiger partial charge is 0.475 e. The van der Waals surface area contributed by atoms with Crippen LogP contribution in [0.15, 0.2) is 41.3 Å². The standard InChI is InChI=1S/C10H7BrO4/c11-8-3-1-7(2-4-8)10(9(12)13)14-5-6-15-10/h1-6H,(H,12,13). The van der Waals surface area contributed by atoms with E-state index in [4.69, 9.17) is 14.6 Å². The quantitative estimate of drug-likeness (QED) is 0.895. The number of ether oxygens (including phenoxy) is 2. The van der Waals surface area contributed by atoms with Gasteiger partial charge in [0.05, 0.1) is 0 Å². The van der Waals surface area contributed by atoms with E-state index in [1.807, 2.05) is 0 Å². The van der Waals surface area contributed by atoms with E-state index in [1.54, 1.807) is 24.3 Å². The maximum Gasteiger partial charge on any atom is 0.395 e. The van der Waals surface area contributed by atoms with Gasteiger partial charge in [0, 0.05) is 10.0 Å². The van der Waals surface area contributed by atoms with E-state index in [9.17, 15) is 4.79 Å². The molecule has 78 valence electrons. The number of hydrogen-bond donors (Lipinski definition) is 1. The van der Waals surface area contributed by atoms with Gasteiger partial charge in [-0.15, -0.1) is 0 Å². The third kappa shape index (κ3) is 1.59. The number of halogens is 1. The molecule has 0 bridgehead atoms. The zero-order valence-corrected chi connectivity index (χ0v) is 9.10. The highest BCUT2D eigenvalue weighted by Gasteiger charge is 2.47. The Labute approximate surface area is 94.2 Å². The molecule has 1 heterocycles. The Hall–Kier alpha value is -1.49. The second-order valence-corrected chi connectivity index (χ2v) is 3.85. The van der Waals surface area contributed by atoms with Crippen molar-refractivity contribution in [2.75, 3.05) is 0 Å². The lowest BCUT2D eigenvalue weighted by atomic mass is 10.1. The first-order chi connectivity index (χ1) is 7.15. The van der Waals surface area contributed by atoms with Crippen LogP contribution in [0.2, 0.25) is 0 Å². The monoisotopic (exact) mass is 270 g/mol. The van der Waals surface area contributed by atoms with Gasteiger partial charge in [0.2, 0.25) is 0 Å². The highest BCUT2D eigenvalue weighted by molar-refractivity contribution is 9.10. The van der Waals surface area contributed by atoms with Crippen molar-refractivity contribution in [1.82, 2.24) is 0 Å². The van der Waals surface area contributed by atoms with Crippen LogP contribution in [0.4, 0.5) is 0 Å². The second kappa shape index (κ2) is 3.58. The van der Waals surface area contributed by atoms with Crippen molar-refractivity contribution in [2.45, 2.75) is 5.79 Å². The van der Waals surface area contributed by atoms with Crippen LogP contribution in [0.5, 0.6) is 0 Å². The molecule has 1 aliphatic heterocycles. The third-order valence-electron chi connectivity index (χ3n) is 2.03. The molecule has 0 saturated heterocycles. The zero-order valence-electron chi connectivity index (χ0n) is 7.51. The lowest BCUT2D eigenvalue weighted by Gasteiger charge is -2.22. The van der Waals surface area contributed by atoms with Crippen molar-refractivity contribution in [2.24, 2.45) is 0 Å². The van der Waals surface area contributed by atoms with Gasteiger partial charge < -0.3 is 14.6 Å². The van der Waals surface area contributed by atoms with Crippen molar-refractivity contribution < 1.29 is 19.4 Å². The van der Waals surface area contributed by atoms with Gasteiger partial charge in [0.1, 0.15) is 12.5 Å². The molecule has 0 amide bonds. The van der Waals surface area contributed by atoms with Crippen molar-refractivity contribution in [3.8, 4) is 0 Å². The first-order valence-electron chi connectivity index (χ1n) is 4.15. The van der Waals surface area contributed by atoms with Crippen molar-refractivity contribution in [1.29, 1.82) is 0 Å². The number of rotatable bonds is 2. The van der Waals surface area contributed by atoms with E-state index in [1.165, 1.54) is 12.5 Å². The van der Waals surface area contributed by atoms with Crippen LogP contribution in [-0.4, -0.2) is 11.1 Å². The molecular weight excluding hydrogens is 264 g/mol. The Morgan fingerprint density at radius 1 is 1.20 bits per heavy atom. The Morgan fingerprint density at radius 2 is 1.73 bits per heavy atom. The molecule has 0 spiro atoms. The zero-order chi connectivity index (χ0) is 10.9. The molecule has 0 saturated carbocycles. The molecule has 0 unspecified atom stereocenters. The fourth-order valence-corrected chi connectivity index (χ4v) is 1.57. The summed E-state index contributed by atoms with van der Waals surface area (Å²) in [5.41, 5.74) is 0.434. The molecule has 0 aliphatic carbocycles. The molecule has 0 radical (unpaired) electrons. The highest BCUT2D eigenvalue weighted by Crippen LogP contribution is 2.32. The van der Waals surface area contributed by atoms with Crippen LogP contribution < -0.4 is 0 Å².